The Labute approximate surface area is 95.1 Å². The smallest absolute Gasteiger partial charge is 0.0732 e. The number of rotatable bonds is 5. The van der Waals surface area contributed by atoms with Crippen molar-refractivity contribution in [3.05, 3.63) is 40.9 Å². The molecule has 3 heteroatoms. The highest BCUT2D eigenvalue weighted by Gasteiger charge is 1.95. The van der Waals surface area contributed by atoms with Gasteiger partial charge in [0.15, 0.2) is 0 Å². The van der Waals surface area contributed by atoms with Crippen LogP contribution >= 0.6 is 11.6 Å². The number of hydrogen-bond donors (Lipinski definition) is 1. The molecule has 0 radical (unpaired) electrons. The Kier molecular flexibility index (Phi) is 5.40. The van der Waals surface area contributed by atoms with Crippen molar-refractivity contribution in [2.75, 3.05) is 13.2 Å². The molecule has 0 spiro atoms. The van der Waals surface area contributed by atoms with E-state index in [0.717, 1.165) is 10.6 Å². The van der Waals surface area contributed by atoms with Crippen molar-refractivity contribution in [1.82, 2.24) is 0 Å². The molecule has 0 heterocycles. The minimum Gasteiger partial charge on any atom is -0.394 e. The first-order valence-electron chi connectivity index (χ1n) is 4.88. The van der Waals surface area contributed by atoms with E-state index in [0.29, 0.717) is 6.61 Å². The topological polar surface area (TPSA) is 29.5 Å². The van der Waals surface area contributed by atoms with E-state index in [1.54, 1.807) is 0 Å². The van der Waals surface area contributed by atoms with Crippen molar-refractivity contribution >= 4 is 17.7 Å². The van der Waals surface area contributed by atoms with E-state index in [1.807, 2.05) is 43.3 Å². The molecule has 0 aromatic heterocycles. The standard InChI is InChI=1S/C12H15ClO2/c1-10(15-9-8-14)2-3-11-4-6-12(13)7-5-11/h2-7,10,14H,8-9H2,1H3/b3-2+. The van der Waals surface area contributed by atoms with Crippen LogP contribution in [0.1, 0.15) is 12.5 Å². The molecule has 1 atom stereocenters. The lowest BCUT2D eigenvalue weighted by molar-refractivity contribution is 0.0645. The highest BCUT2D eigenvalue weighted by atomic mass is 35.5. The SMILES string of the molecule is CC(/C=C/c1ccc(Cl)cc1)OCCO. The number of ether oxygens (including phenoxy) is 1. The Morgan fingerprint density at radius 2 is 2.07 bits per heavy atom. The Bertz CT molecular complexity index is 306. The van der Waals surface area contributed by atoms with E-state index in [2.05, 4.69) is 0 Å². The van der Waals surface area contributed by atoms with Crippen LogP contribution < -0.4 is 0 Å². The maximum atomic E-state index is 8.57. The van der Waals surface area contributed by atoms with Crippen molar-refractivity contribution in [1.29, 1.82) is 0 Å². The summed E-state index contributed by atoms with van der Waals surface area (Å²) in [5, 5.41) is 9.30. The van der Waals surface area contributed by atoms with Crippen molar-refractivity contribution in [2.24, 2.45) is 0 Å². The fourth-order valence-corrected chi connectivity index (χ4v) is 1.24. The Morgan fingerprint density at radius 1 is 1.40 bits per heavy atom. The molecule has 1 aromatic carbocycles. The highest BCUT2D eigenvalue weighted by Crippen LogP contribution is 2.11. The zero-order chi connectivity index (χ0) is 11.1. The molecule has 1 unspecified atom stereocenters. The average molecular weight is 227 g/mol. The van der Waals surface area contributed by atoms with Gasteiger partial charge < -0.3 is 9.84 Å². The predicted molar refractivity (Wildman–Crippen MR) is 63.0 cm³/mol. The van der Waals surface area contributed by atoms with E-state index in [1.165, 1.54) is 0 Å². The van der Waals surface area contributed by atoms with Crippen LogP contribution in [0.4, 0.5) is 0 Å². The zero-order valence-electron chi connectivity index (χ0n) is 8.69. The third-order valence-electron chi connectivity index (χ3n) is 1.90. The molecule has 15 heavy (non-hydrogen) atoms. The van der Waals surface area contributed by atoms with Crippen LogP contribution in [0.2, 0.25) is 5.02 Å². The van der Waals surface area contributed by atoms with E-state index >= 15 is 0 Å². The number of aliphatic hydroxyl groups is 1. The molecule has 0 fully saturated rings. The van der Waals surface area contributed by atoms with Gasteiger partial charge in [0.1, 0.15) is 0 Å². The summed E-state index contributed by atoms with van der Waals surface area (Å²) in [6, 6.07) is 7.58. The lowest BCUT2D eigenvalue weighted by atomic mass is 10.2. The Morgan fingerprint density at radius 3 is 2.67 bits per heavy atom. The summed E-state index contributed by atoms with van der Waals surface area (Å²) in [5.74, 6) is 0. The van der Waals surface area contributed by atoms with Gasteiger partial charge in [0.05, 0.1) is 19.3 Å². The maximum absolute atomic E-state index is 8.57. The van der Waals surface area contributed by atoms with Crippen LogP contribution in [-0.4, -0.2) is 24.4 Å². The molecule has 0 bridgehead atoms. The second-order valence-corrected chi connectivity index (χ2v) is 3.65. The maximum Gasteiger partial charge on any atom is 0.0732 e. The molecule has 2 nitrogen and oxygen atoms in total. The summed E-state index contributed by atoms with van der Waals surface area (Å²) >= 11 is 5.77. The van der Waals surface area contributed by atoms with Gasteiger partial charge in [-0.15, -0.1) is 0 Å². The Hall–Kier alpha value is -0.830. The average Bonchev–Trinajstić information content (AvgIpc) is 2.25. The van der Waals surface area contributed by atoms with Gasteiger partial charge in [0.2, 0.25) is 0 Å². The lowest BCUT2D eigenvalue weighted by Crippen LogP contribution is -2.08. The molecule has 0 aliphatic heterocycles. The summed E-state index contributed by atoms with van der Waals surface area (Å²) in [6.07, 6.45) is 3.92. The molecule has 0 aliphatic carbocycles. The van der Waals surface area contributed by atoms with E-state index < -0.39 is 0 Å². The summed E-state index contributed by atoms with van der Waals surface area (Å²) in [6.45, 7) is 2.35. The van der Waals surface area contributed by atoms with Gasteiger partial charge in [-0.05, 0) is 24.6 Å². The molecule has 1 N–H and O–H groups in total. The predicted octanol–water partition coefficient (Wildman–Crippen LogP) is 2.75. The van der Waals surface area contributed by atoms with Crippen molar-refractivity contribution in [2.45, 2.75) is 13.0 Å². The molecular formula is C12H15ClO2. The largest absolute Gasteiger partial charge is 0.394 e. The summed E-state index contributed by atoms with van der Waals surface area (Å²) < 4.78 is 5.27. The van der Waals surface area contributed by atoms with E-state index in [-0.39, 0.29) is 12.7 Å². The van der Waals surface area contributed by atoms with Crippen LogP contribution in [0.3, 0.4) is 0 Å². The monoisotopic (exact) mass is 226 g/mol. The lowest BCUT2D eigenvalue weighted by Gasteiger charge is -2.06. The molecule has 0 saturated carbocycles. The van der Waals surface area contributed by atoms with Gasteiger partial charge in [-0.3, -0.25) is 0 Å². The minimum absolute atomic E-state index is 0.00725. The van der Waals surface area contributed by atoms with Gasteiger partial charge in [-0.25, -0.2) is 0 Å². The fourth-order valence-electron chi connectivity index (χ4n) is 1.11. The molecule has 1 aromatic rings. The van der Waals surface area contributed by atoms with Crippen LogP contribution in [-0.2, 0) is 4.74 Å². The minimum atomic E-state index is 0.00725. The molecule has 0 amide bonds. The third kappa shape index (κ3) is 4.98. The first kappa shape index (κ1) is 12.2. The quantitative estimate of drug-likeness (QED) is 0.837. The van der Waals surface area contributed by atoms with Gasteiger partial charge in [0, 0.05) is 5.02 Å². The second-order valence-electron chi connectivity index (χ2n) is 3.21. The fraction of sp³-hybridized carbons (Fsp3) is 0.333. The molecule has 1 rings (SSSR count). The number of benzene rings is 1. The third-order valence-corrected chi connectivity index (χ3v) is 2.15. The van der Waals surface area contributed by atoms with E-state index in [9.17, 15) is 0 Å². The van der Waals surface area contributed by atoms with E-state index in [4.69, 9.17) is 21.4 Å². The normalized spacial score (nSPS) is 13.3. The number of aliphatic hydroxyl groups excluding tert-OH is 1. The first-order valence-corrected chi connectivity index (χ1v) is 5.26. The van der Waals surface area contributed by atoms with Crippen LogP contribution in [0.5, 0.6) is 0 Å². The van der Waals surface area contributed by atoms with Crippen molar-refractivity contribution < 1.29 is 9.84 Å². The molecular weight excluding hydrogens is 212 g/mol. The highest BCUT2D eigenvalue weighted by molar-refractivity contribution is 6.30. The molecule has 0 aliphatic rings. The molecule has 82 valence electrons. The van der Waals surface area contributed by atoms with Crippen molar-refractivity contribution in [3.8, 4) is 0 Å². The summed E-state index contributed by atoms with van der Waals surface area (Å²) in [5.41, 5.74) is 1.08. The number of hydrogen-bond acceptors (Lipinski definition) is 2. The summed E-state index contributed by atoms with van der Waals surface area (Å²) in [7, 11) is 0. The zero-order valence-corrected chi connectivity index (χ0v) is 9.45. The summed E-state index contributed by atoms with van der Waals surface area (Å²) in [4.78, 5) is 0. The van der Waals surface area contributed by atoms with Crippen LogP contribution in [0.25, 0.3) is 6.08 Å². The van der Waals surface area contributed by atoms with Crippen LogP contribution in [0, 0.1) is 0 Å². The Balaban J connectivity index is 2.46. The molecule has 0 saturated heterocycles. The van der Waals surface area contributed by atoms with Gasteiger partial charge in [-0.2, -0.15) is 0 Å². The number of halogens is 1. The van der Waals surface area contributed by atoms with Gasteiger partial charge in [-0.1, -0.05) is 35.9 Å². The first-order chi connectivity index (χ1) is 7.22. The second kappa shape index (κ2) is 6.62. The van der Waals surface area contributed by atoms with Gasteiger partial charge >= 0.3 is 0 Å². The van der Waals surface area contributed by atoms with Gasteiger partial charge in [0.25, 0.3) is 0 Å². The van der Waals surface area contributed by atoms with Crippen LogP contribution in [0.15, 0.2) is 30.3 Å². The van der Waals surface area contributed by atoms with Crippen molar-refractivity contribution in [3.63, 3.8) is 0 Å².